The van der Waals surface area contributed by atoms with Crippen molar-refractivity contribution in [3.63, 3.8) is 0 Å². The van der Waals surface area contributed by atoms with Crippen molar-refractivity contribution in [3.05, 3.63) is 72.3 Å². The highest BCUT2D eigenvalue weighted by Crippen LogP contribution is 2.31. The fourth-order valence-corrected chi connectivity index (χ4v) is 4.07. The molecular weight excluding hydrogens is 424 g/mol. The lowest BCUT2D eigenvalue weighted by Gasteiger charge is -2.33. The second-order valence-electron chi connectivity index (χ2n) is 7.67. The van der Waals surface area contributed by atoms with E-state index in [0.717, 1.165) is 15.8 Å². The first-order valence-electron chi connectivity index (χ1n) is 10.5. The van der Waals surface area contributed by atoms with Gasteiger partial charge in [-0.05, 0) is 29.5 Å². The Morgan fingerprint density at radius 2 is 1.76 bits per heavy atom. The quantitative estimate of drug-likeness (QED) is 0.400. The monoisotopic (exact) mass is 446 g/mol. The predicted octanol–water partition coefficient (Wildman–Crippen LogP) is 2.63. The average molecular weight is 446 g/mol. The van der Waals surface area contributed by atoms with Crippen LogP contribution in [-0.4, -0.2) is 53.4 Å². The van der Waals surface area contributed by atoms with Gasteiger partial charge >= 0.3 is 5.97 Å². The number of anilines is 1. The molecule has 0 saturated heterocycles. The molecule has 0 fully saturated rings. The minimum atomic E-state index is -1.53. The fraction of sp³-hybridized carbons (Fsp3) is 0.200. The third-order valence-corrected chi connectivity index (χ3v) is 5.67. The van der Waals surface area contributed by atoms with Crippen LogP contribution in [0, 0.1) is 0 Å². The second kappa shape index (κ2) is 9.52. The van der Waals surface area contributed by atoms with Gasteiger partial charge in [-0.3, -0.25) is 19.3 Å². The molecule has 1 aliphatic heterocycles. The van der Waals surface area contributed by atoms with Crippen LogP contribution in [0.1, 0.15) is 12.0 Å². The smallest absolute Gasteiger partial charge is 0.305 e. The number of fused-ring (bicyclic) bond motifs is 2. The lowest BCUT2D eigenvalue weighted by molar-refractivity contribution is -0.150. The molecule has 168 valence electrons. The summed E-state index contributed by atoms with van der Waals surface area (Å²) in [7, 11) is 0. The van der Waals surface area contributed by atoms with Crippen molar-refractivity contribution in [2.45, 2.75) is 25.1 Å². The number of carboxylic acid groups (broad SMARTS) is 1. The van der Waals surface area contributed by atoms with Gasteiger partial charge in [-0.1, -0.05) is 54.6 Å². The maximum absolute atomic E-state index is 13.7. The van der Waals surface area contributed by atoms with Crippen molar-refractivity contribution >= 4 is 41.0 Å². The molecule has 0 bridgehead atoms. The Morgan fingerprint density at radius 1 is 1.03 bits per heavy atom. The summed E-state index contributed by atoms with van der Waals surface area (Å²) in [6, 6.07) is 18.7. The van der Waals surface area contributed by atoms with Crippen LogP contribution in [0.15, 0.2) is 66.7 Å². The van der Waals surface area contributed by atoms with E-state index in [1.54, 1.807) is 24.3 Å². The third-order valence-electron chi connectivity index (χ3n) is 5.67. The predicted molar refractivity (Wildman–Crippen MR) is 121 cm³/mol. The van der Waals surface area contributed by atoms with Crippen LogP contribution in [0.2, 0.25) is 0 Å². The summed E-state index contributed by atoms with van der Waals surface area (Å²) in [5.41, 5.74) is 1.67. The zero-order chi connectivity index (χ0) is 23.4. The van der Waals surface area contributed by atoms with Crippen molar-refractivity contribution < 1.29 is 29.0 Å². The number of hydrogen-bond donors (Lipinski definition) is 1. The SMILES string of the molecule is O=C[C@H](CC(=O)O)N(C=O)[C@@H](Oc1cccc2ccccc12)C(=O)N1CCc2ccccc21. The first-order valence-corrected chi connectivity index (χ1v) is 10.5. The summed E-state index contributed by atoms with van der Waals surface area (Å²) in [4.78, 5) is 51.1. The Morgan fingerprint density at radius 3 is 2.52 bits per heavy atom. The van der Waals surface area contributed by atoms with E-state index in [-0.39, 0.29) is 6.41 Å². The Hall–Kier alpha value is -4.20. The van der Waals surface area contributed by atoms with E-state index in [4.69, 9.17) is 4.74 Å². The molecule has 1 N–H and O–H groups in total. The minimum absolute atomic E-state index is 0.289. The van der Waals surface area contributed by atoms with Crippen molar-refractivity contribution in [1.29, 1.82) is 0 Å². The molecule has 0 aromatic heterocycles. The Bertz CT molecular complexity index is 1200. The van der Waals surface area contributed by atoms with Gasteiger partial charge in [0, 0.05) is 17.6 Å². The molecule has 8 nitrogen and oxygen atoms in total. The van der Waals surface area contributed by atoms with E-state index in [0.29, 0.717) is 36.1 Å². The molecule has 2 atom stereocenters. The number of carbonyl (C=O) groups is 4. The number of para-hydroxylation sites is 1. The Balaban J connectivity index is 1.76. The topological polar surface area (TPSA) is 104 Å². The molecule has 1 heterocycles. The van der Waals surface area contributed by atoms with Gasteiger partial charge in [0.15, 0.2) is 0 Å². The van der Waals surface area contributed by atoms with Crippen molar-refractivity contribution in [1.82, 2.24) is 4.90 Å². The molecule has 3 aromatic rings. The normalized spacial score (nSPS) is 14.2. The van der Waals surface area contributed by atoms with Gasteiger partial charge in [0.2, 0.25) is 6.41 Å². The minimum Gasteiger partial charge on any atom is -0.481 e. The van der Waals surface area contributed by atoms with E-state index >= 15 is 0 Å². The van der Waals surface area contributed by atoms with Gasteiger partial charge in [0.05, 0.1) is 6.42 Å². The number of amides is 2. The van der Waals surface area contributed by atoms with Crippen LogP contribution in [0.25, 0.3) is 10.8 Å². The molecule has 33 heavy (non-hydrogen) atoms. The fourth-order valence-electron chi connectivity index (χ4n) is 4.07. The Labute approximate surface area is 190 Å². The average Bonchev–Trinajstić information content (AvgIpc) is 3.26. The number of benzene rings is 3. The number of nitrogens with zero attached hydrogens (tertiary/aromatic N) is 2. The summed E-state index contributed by atoms with van der Waals surface area (Å²) in [5, 5.41) is 10.8. The molecule has 1 aliphatic rings. The molecule has 4 rings (SSSR count). The van der Waals surface area contributed by atoms with Crippen LogP contribution < -0.4 is 9.64 Å². The standard InChI is InChI=1S/C25H22N2O6/c28-15-19(14-23(30)31)27(16-29)25(24(32)26-13-12-18-7-2-4-10-21(18)26)33-22-11-5-8-17-6-1-3-9-20(17)22/h1-11,15-16,19,25H,12-14H2,(H,30,31)/t19-,25-/m0/s1. The Kier molecular flexibility index (Phi) is 6.35. The highest BCUT2D eigenvalue weighted by atomic mass is 16.5. The molecule has 0 aliphatic carbocycles. The number of aldehydes is 1. The van der Waals surface area contributed by atoms with Crippen LogP contribution >= 0.6 is 0 Å². The largest absolute Gasteiger partial charge is 0.481 e. The first-order chi connectivity index (χ1) is 16.0. The van der Waals surface area contributed by atoms with Crippen molar-refractivity contribution in [3.8, 4) is 5.75 Å². The van der Waals surface area contributed by atoms with Crippen LogP contribution in [0.3, 0.4) is 0 Å². The van der Waals surface area contributed by atoms with Crippen LogP contribution in [0.4, 0.5) is 5.69 Å². The van der Waals surface area contributed by atoms with Gasteiger partial charge in [-0.25, -0.2) is 0 Å². The number of ether oxygens (including phenoxy) is 1. The van der Waals surface area contributed by atoms with Gasteiger partial charge < -0.3 is 19.5 Å². The molecule has 2 amide bonds. The molecule has 0 saturated carbocycles. The summed E-state index contributed by atoms with van der Waals surface area (Å²) in [5.74, 6) is -1.50. The highest BCUT2D eigenvalue weighted by molar-refractivity contribution is 6.00. The molecule has 0 unspecified atom stereocenters. The highest BCUT2D eigenvalue weighted by Gasteiger charge is 2.38. The third kappa shape index (κ3) is 4.41. The van der Waals surface area contributed by atoms with E-state index in [2.05, 4.69) is 0 Å². The van der Waals surface area contributed by atoms with E-state index in [1.807, 2.05) is 42.5 Å². The van der Waals surface area contributed by atoms with Crippen LogP contribution in [0.5, 0.6) is 5.75 Å². The first kappa shape index (κ1) is 22.0. The summed E-state index contributed by atoms with van der Waals surface area (Å²) < 4.78 is 6.09. The van der Waals surface area contributed by atoms with Gasteiger partial charge in [-0.2, -0.15) is 0 Å². The summed E-state index contributed by atoms with van der Waals surface area (Å²) in [6.07, 6.45) is -0.920. The maximum atomic E-state index is 13.7. The molecule has 3 aromatic carbocycles. The van der Waals surface area contributed by atoms with Gasteiger partial charge in [0.25, 0.3) is 12.1 Å². The molecule has 0 radical (unpaired) electrons. The molecule has 8 heteroatoms. The van der Waals surface area contributed by atoms with Crippen LogP contribution in [-0.2, 0) is 25.6 Å². The van der Waals surface area contributed by atoms with Crippen molar-refractivity contribution in [2.24, 2.45) is 0 Å². The maximum Gasteiger partial charge on any atom is 0.305 e. The van der Waals surface area contributed by atoms with E-state index in [9.17, 15) is 24.3 Å². The number of carboxylic acids is 1. The number of aliphatic carboxylic acids is 1. The zero-order valence-corrected chi connectivity index (χ0v) is 17.7. The van der Waals surface area contributed by atoms with Crippen molar-refractivity contribution in [2.75, 3.05) is 11.4 Å². The summed E-state index contributed by atoms with van der Waals surface area (Å²) in [6.45, 7) is 0.380. The summed E-state index contributed by atoms with van der Waals surface area (Å²) >= 11 is 0. The number of rotatable bonds is 9. The lowest BCUT2D eigenvalue weighted by atomic mass is 10.1. The van der Waals surface area contributed by atoms with Gasteiger partial charge in [0.1, 0.15) is 18.1 Å². The second-order valence-corrected chi connectivity index (χ2v) is 7.67. The lowest BCUT2D eigenvalue weighted by Crippen LogP contribution is -2.55. The van der Waals surface area contributed by atoms with E-state index in [1.165, 1.54) is 4.90 Å². The molecular formula is C25H22N2O6. The zero-order valence-electron chi connectivity index (χ0n) is 17.7. The number of carbonyl (C=O) groups excluding carboxylic acids is 3. The number of hydrogen-bond acceptors (Lipinski definition) is 5. The van der Waals surface area contributed by atoms with Gasteiger partial charge in [-0.15, -0.1) is 0 Å². The molecule has 0 spiro atoms. The van der Waals surface area contributed by atoms with E-state index < -0.39 is 30.6 Å².